The third kappa shape index (κ3) is 1.35. The first kappa shape index (κ1) is 5.94. The van der Waals surface area contributed by atoms with E-state index in [0.717, 1.165) is 12.2 Å². The topological polar surface area (TPSA) is 64.7 Å². The van der Waals surface area contributed by atoms with Gasteiger partial charge in [-0.05, 0) is 0 Å². The van der Waals surface area contributed by atoms with Crippen molar-refractivity contribution in [2.75, 3.05) is 5.73 Å². The molecule has 0 unspecified atom stereocenters. The Morgan fingerprint density at radius 2 is 2.33 bits per heavy atom. The van der Waals surface area contributed by atoms with Crippen LogP contribution in [0, 0.1) is 0 Å². The highest BCUT2D eigenvalue weighted by atomic mass is 15.2. The number of nitrogens with two attached hydrogens (primary N) is 1. The van der Waals surface area contributed by atoms with Gasteiger partial charge in [-0.1, -0.05) is 6.92 Å². The molecule has 0 saturated heterocycles. The van der Waals surface area contributed by atoms with Crippen LogP contribution < -0.4 is 5.73 Å². The van der Waals surface area contributed by atoms with Crippen LogP contribution in [0.3, 0.4) is 0 Å². The fourth-order valence-corrected chi connectivity index (χ4v) is 0.470. The number of hydrogen-bond acceptors (Lipinski definition) is 4. The zero-order valence-electron chi connectivity index (χ0n) is 5.20. The van der Waals surface area contributed by atoms with Crippen LogP contribution in [0.5, 0.6) is 0 Å². The summed E-state index contributed by atoms with van der Waals surface area (Å²) in [4.78, 5) is 3.90. The van der Waals surface area contributed by atoms with Crippen LogP contribution in [0.25, 0.3) is 0 Å². The van der Waals surface area contributed by atoms with E-state index in [9.17, 15) is 0 Å². The summed E-state index contributed by atoms with van der Waals surface area (Å²) in [6.07, 6.45) is 2.30. The van der Waals surface area contributed by atoms with Crippen LogP contribution in [-0.2, 0) is 6.42 Å². The molecule has 0 aliphatic heterocycles. The maximum absolute atomic E-state index is 5.25. The van der Waals surface area contributed by atoms with Gasteiger partial charge in [-0.25, -0.2) is 4.98 Å². The van der Waals surface area contributed by atoms with Gasteiger partial charge >= 0.3 is 0 Å². The van der Waals surface area contributed by atoms with Gasteiger partial charge in [-0.3, -0.25) is 0 Å². The van der Waals surface area contributed by atoms with Crippen molar-refractivity contribution < 1.29 is 0 Å². The van der Waals surface area contributed by atoms with Gasteiger partial charge in [0.15, 0.2) is 11.6 Å². The Morgan fingerprint density at radius 3 is 2.78 bits per heavy atom. The Bertz CT molecular complexity index is 181. The summed E-state index contributed by atoms with van der Waals surface area (Å²) in [7, 11) is 0. The van der Waals surface area contributed by atoms with E-state index < -0.39 is 0 Å². The first-order valence-electron chi connectivity index (χ1n) is 2.77. The van der Waals surface area contributed by atoms with Gasteiger partial charge in [0, 0.05) is 6.42 Å². The molecule has 4 heteroatoms. The Balaban J connectivity index is 2.88. The normalized spacial score (nSPS) is 9.44. The Labute approximate surface area is 53.1 Å². The molecule has 0 aromatic carbocycles. The van der Waals surface area contributed by atoms with Crippen LogP contribution in [0.1, 0.15) is 12.7 Å². The predicted octanol–water partition coefficient (Wildman–Crippen LogP) is 0.0162. The van der Waals surface area contributed by atoms with E-state index in [1.165, 1.54) is 6.20 Å². The van der Waals surface area contributed by atoms with E-state index >= 15 is 0 Å². The second-order valence-electron chi connectivity index (χ2n) is 1.65. The highest BCUT2D eigenvalue weighted by Crippen LogP contribution is 1.90. The number of anilines is 1. The zero-order valence-corrected chi connectivity index (χ0v) is 5.20. The maximum atomic E-state index is 5.25. The number of aromatic nitrogens is 3. The summed E-state index contributed by atoms with van der Waals surface area (Å²) in [5.74, 6) is 1.09. The molecule has 9 heavy (non-hydrogen) atoms. The summed E-state index contributed by atoms with van der Waals surface area (Å²) >= 11 is 0. The zero-order chi connectivity index (χ0) is 6.69. The monoisotopic (exact) mass is 124 g/mol. The molecule has 0 fully saturated rings. The van der Waals surface area contributed by atoms with E-state index in [0.29, 0.717) is 5.82 Å². The molecule has 2 N–H and O–H groups in total. The lowest BCUT2D eigenvalue weighted by molar-refractivity contribution is 0.855. The van der Waals surface area contributed by atoms with E-state index in [2.05, 4.69) is 15.2 Å². The minimum Gasteiger partial charge on any atom is -0.381 e. The molecule has 0 spiro atoms. The standard InChI is InChI=1S/C5H8N4/c1-2-5-7-3-4(6)8-9-5/h3H,2H2,1H3,(H2,6,8). The van der Waals surface area contributed by atoms with Gasteiger partial charge < -0.3 is 5.73 Å². The van der Waals surface area contributed by atoms with Crippen molar-refractivity contribution in [2.24, 2.45) is 0 Å². The first-order valence-corrected chi connectivity index (χ1v) is 2.77. The molecule has 0 aliphatic carbocycles. The number of rotatable bonds is 1. The predicted molar refractivity (Wildman–Crippen MR) is 33.6 cm³/mol. The van der Waals surface area contributed by atoms with E-state index in [-0.39, 0.29) is 0 Å². The van der Waals surface area contributed by atoms with Crippen molar-refractivity contribution in [2.45, 2.75) is 13.3 Å². The highest BCUT2D eigenvalue weighted by molar-refractivity contribution is 5.19. The second-order valence-corrected chi connectivity index (χ2v) is 1.65. The average Bonchev–Trinajstić information content (AvgIpc) is 1.90. The molecule has 1 aromatic heterocycles. The van der Waals surface area contributed by atoms with Gasteiger partial charge in [0.25, 0.3) is 0 Å². The van der Waals surface area contributed by atoms with Crippen molar-refractivity contribution >= 4 is 5.82 Å². The molecule has 0 saturated carbocycles. The van der Waals surface area contributed by atoms with Crippen molar-refractivity contribution in [3.05, 3.63) is 12.0 Å². The van der Waals surface area contributed by atoms with E-state index in [1.807, 2.05) is 6.92 Å². The summed E-state index contributed by atoms with van der Waals surface area (Å²) in [6.45, 7) is 1.97. The van der Waals surface area contributed by atoms with Crippen molar-refractivity contribution in [3.8, 4) is 0 Å². The van der Waals surface area contributed by atoms with Crippen molar-refractivity contribution in [1.29, 1.82) is 0 Å². The average molecular weight is 124 g/mol. The molecule has 0 atom stereocenters. The Morgan fingerprint density at radius 1 is 1.56 bits per heavy atom. The molecule has 1 rings (SSSR count). The molecule has 4 nitrogen and oxygen atoms in total. The van der Waals surface area contributed by atoms with Crippen molar-refractivity contribution in [1.82, 2.24) is 15.2 Å². The molecule has 0 aliphatic rings. The fourth-order valence-electron chi connectivity index (χ4n) is 0.470. The summed E-state index contributed by atoms with van der Waals surface area (Å²) in [5.41, 5.74) is 5.25. The van der Waals surface area contributed by atoms with Gasteiger partial charge in [0.05, 0.1) is 6.20 Å². The molecular weight excluding hydrogens is 116 g/mol. The SMILES string of the molecule is CCc1ncc(N)nn1. The van der Waals surface area contributed by atoms with E-state index in [4.69, 9.17) is 5.73 Å². The number of hydrogen-bond donors (Lipinski definition) is 1. The molecule has 1 aromatic rings. The van der Waals surface area contributed by atoms with Gasteiger partial charge in [-0.15, -0.1) is 10.2 Å². The van der Waals surface area contributed by atoms with Crippen LogP contribution in [0.15, 0.2) is 6.20 Å². The van der Waals surface area contributed by atoms with Crippen LogP contribution >= 0.6 is 0 Å². The molecule has 0 amide bonds. The summed E-state index contributed by atoms with van der Waals surface area (Å²) in [5, 5.41) is 7.33. The molecule has 1 heterocycles. The summed E-state index contributed by atoms with van der Waals surface area (Å²) in [6, 6.07) is 0. The lowest BCUT2D eigenvalue weighted by Crippen LogP contribution is -1.98. The second kappa shape index (κ2) is 2.39. The van der Waals surface area contributed by atoms with Crippen LogP contribution in [-0.4, -0.2) is 15.2 Å². The maximum Gasteiger partial charge on any atom is 0.164 e. The molecule has 48 valence electrons. The third-order valence-electron chi connectivity index (χ3n) is 0.943. The van der Waals surface area contributed by atoms with E-state index in [1.54, 1.807) is 0 Å². The highest BCUT2D eigenvalue weighted by Gasteiger charge is 1.90. The van der Waals surface area contributed by atoms with Gasteiger partial charge in [0.1, 0.15) is 0 Å². The Hall–Kier alpha value is -1.19. The fraction of sp³-hybridized carbons (Fsp3) is 0.400. The molecule has 0 radical (unpaired) electrons. The Kier molecular flexibility index (Phi) is 1.58. The van der Waals surface area contributed by atoms with Crippen molar-refractivity contribution in [3.63, 3.8) is 0 Å². The van der Waals surface area contributed by atoms with Crippen LogP contribution in [0.4, 0.5) is 5.82 Å². The third-order valence-corrected chi connectivity index (χ3v) is 0.943. The number of nitrogens with zero attached hydrogens (tertiary/aromatic N) is 3. The lowest BCUT2D eigenvalue weighted by Gasteiger charge is -1.90. The summed E-state index contributed by atoms with van der Waals surface area (Å²) < 4.78 is 0. The smallest absolute Gasteiger partial charge is 0.164 e. The quantitative estimate of drug-likeness (QED) is 0.573. The minimum atomic E-state index is 0.368. The molecule has 0 bridgehead atoms. The number of aryl methyl sites for hydroxylation is 1. The first-order chi connectivity index (χ1) is 4.33. The lowest BCUT2D eigenvalue weighted by atomic mass is 10.5. The molecular formula is C5H8N4. The largest absolute Gasteiger partial charge is 0.381 e. The van der Waals surface area contributed by atoms with Crippen LogP contribution in [0.2, 0.25) is 0 Å². The minimum absolute atomic E-state index is 0.368. The number of nitrogen functional groups attached to an aromatic ring is 1. The van der Waals surface area contributed by atoms with Gasteiger partial charge in [0.2, 0.25) is 0 Å². The van der Waals surface area contributed by atoms with Gasteiger partial charge in [-0.2, -0.15) is 0 Å².